The van der Waals surface area contributed by atoms with Crippen molar-refractivity contribution in [1.29, 1.82) is 0 Å². The molecule has 1 unspecified atom stereocenters. The monoisotopic (exact) mass is 269 g/mol. The Balaban J connectivity index is 2.15. The standard InChI is InChI=1S/C12H16ClN3O2/c1-8-15-10(13)9(6-17)11(16-8)14-7-12(2)4-3-5-18-12/h6H,3-5,7H2,1-2H3,(H,14,15,16). The summed E-state index contributed by atoms with van der Waals surface area (Å²) in [5.74, 6) is 1.00. The summed E-state index contributed by atoms with van der Waals surface area (Å²) in [5.41, 5.74) is 0.0924. The number of hydrogen-bond acceptors (Lipinski definition) is 5. The van der Waals surface area contributed by atoms with E-state index < -0.39 is 0 Å². The molecule has 0 aliphatic carbocycles. The van der Waals surface area contributed by atoms with Gasteiger partial charge in [0.25, 0.3) is 0 Å². The summed E-state index contributed by atoms with van der Waals surface area (Å²) in [5, 5.41) is 3.31. The summed E-state index contributed by atoms with van der Waals surface area (Å²) >= 11 is 5.91. The van der Waals surface area contributed by atoms with Gasteiger partial charge in [0, 0.05) is 13.2 Å². The van der Waals surface area contributed by atoms with E-state index in [0.717, 1.165) is 19.4 Å². The van der Waals surface area contributed by atoms with Crippen LogP contribution < -0.4 is 5.32 Å². The van der Waals surface area contributed by atoms with Gasteiger partial charge in [0.05, 0.1) is 11.2 Å². The van der Waals surface area contributed by atoms with Gasteiger partial charge in [0.2, 0.25) is 0 Å². The first kappa shape index (κ1) is 13.2. The van der Waals surface area contributed by atoms with E-state index in [2.05, 4.69) is 15.3 Å². The summed E-state index contributed by atoms with van der Waals surface area (Å²) in [4.78, 5) is 19.2. The molecular weight excluding hydrogens is 254 g/mol. The normalized spacial score (nSPS) is 23.1. The molecule has 1 aromatic heterocycles. The van der Waals surface area contributed by atoms with Crippen LogP contribution in [0.2, 0.25) is 5.15 Å². The highest BCUT2D eigenvalue weighted by atomic mass is 35.5. The average Bonchev–Trinajstić information content (AvgIpc) is 2.73. The van der Waals surface area contributed by atoms with Gasteiger partial charge in [0.1, 0.15) is 16.8 Å². The number of carbonyl (C=O) groups excluding carboxylic acids is 1. The topological polar surface area (TPSA) is 64.1 Å². The van der Waals surface area contributed by atoms with Crippen LogP contribution in [0.15, 0.2) is 0 Å². The largest absolute Gasteiger partial charge is 0.373 e. The fraction of sp³-hybridized carbons (Fsp3) is 0.583. The minimum absolute atomic E-state index is 0.178. The Hall–Kier alpha value is -1.20. The number of ether oxygens (including phenoxy) is 1. The quantitative estimate of drug-likeness (QED) is 0.671. The molecule has 1 fully saturated rings. The van der Waals surface area contributed by atoms with Crippen LogP contribution in [0, 0.1) is 6.92 Å². The molecule has 0 aromatic carbocycles. The van der Waals surface area contributed by atoms with Gasteiger partial charge in [0.15, 0.2) is 6.29 Å². The first-order valence-electron chi connectivity index (χ1n) is 5.91. The molecule has 1 aliphatic rings. The zero-order valence-electron chi connectivity index (χ0n) is 10.5. The minimum Gasteiger partial charge on any atom is -0.373 e. The Labute approximate surface area is 111 Å². The molecule has 6 heteroatoms. The maximum atomic E-state index is 11.0. The lowest BCUT2D eigenvalue weighted by atomic mass is 10.0. The summed E-state index contributed by atoms with van der Waals surface area (Å²) in [6, 6.07) is 0. The van der Waals surface area contributed by atoms with Gasteiger partial charge in [-0.15, -0.1) is 0 Å². The van der Waals surface area contributed by atoms with Gasteiger partial charge in [-0.05, 0) is 26.7 Å². The van der Waals surface area contributed by atoms with Crippen LogP contribution in [0.25, 0.3) is 0 Å². The van der Waals surface area contributed by atoms with E-state index >= 15 is 0 Å². The van der Waals surface area contributed by atoms with Crippen LogP contribution in [0.4, 0.5) is 5.82 Å². The molecule has 2 rings (SSSR count). The van der Waals surface area contributed by atoms with Gasteiger partial charge >= 0.3 is 0 Å². The van der Waals surface area contributed by atoms with Gasteiger partial charge in [-0.3, -0.25) is 4.79 Å². The van der Waals surface area contributed by atoms with E-state index in [0.29, 0.717) is 30.0 Å². The van der Waals surface area contributed by atoms with Gasteiger partial charge in [-0.2, -0.15) is 0 Å². The maximum absolute atomic E-state index is 11.0. The van der Waals surface area contributed by atoms with Crippen LogP contribution in [-0.4, -0.2) is 35.0 Å². The van der Waals surface area contributed by atoms with E-state index in [-0.39, 0.29) is 10.8 Å². The lowest BCUT2D eigenvalue weighted by Gasteiger charge is -2.24. The molecule has 1 N–H and O–H groups in total. The van der Waals surface area contributed by atoms with Crippen LogP contribution in [-0.2, 0) is 4.74 Å². The van der Waals surface area contributed by atoms with Crippen molar-refractivity contribution in [2.75, 3.05) is 18.5 Å². The van der Waals surface area contributed by atoms with E-state index in [1.807, 2.05) is 6.92 Å². The third kappa shape index (κ3) is 2.79. The third-order valence-corrected chi connectivity index (χ3v) is 3.35. The second kappa shape index (κ2) is 5.20. The van der Waals surface area contributed by atoms with Crippen molar-refractivity contribution < 1.29 is 9.53 Å². The van der Waals surface area contributed by atoms with Crippen LogP contribution in [0.3, 0.4) is 0 Å². The molecule has 0 spiro atoms. The van der Waals surface area contributed by atoms with Crippen molar-refractivity contribution in [1.82, 2.24) is 9.97 Å². The number of nitrogens with zero attached hydrogens (tertiary/aromatic N) is 2. The van der Waals surface area contributed by atoms with Crippen LogP contribution in [0.5, 0.6) is 0 Å². The molecule has 1 saturated heterocycles. The van der Waals surface area contributed by atoms with Crippen molar-refractivity contribution in [3.63, 3.8) is 0 Å². The molecule has 18 heavy (non-hydrogen) atoms. The highest BCUT2D eigenvalue weighted by molar-refractivity contribution is 6.32. The Morgan fingerprint density at radius 2 is 2.33 bits per heavy atom. The summed E-state index contributed by atoms with van der Waals surface area (Å²) in [7, 11) is 0. The molecule has 5 nitrogen and oxygen atoms in total. The highest BCUT2D eigenvalue weighted by Gasteiger charge is 2.29. The van der Waals surface area contributed by atoms with E-state index in [9.17, 15) is 4.79 Å². The number of aromatic nitrogens is 2. The molecule has 2 heterocycles. The average molecular weight is 270 g/mol. The third-order valence-electron chi connectivity index (χ3n) is 3.06. The molecule has 98 valence electrons. The number of nitrogens with one attached hydrogen (secondary N) is 1. The van der Waals surface area contributed by atoms with Gasteiger partial charge in [-0.25, -0.2) is 9.97 Å². The SMILES string of the molecule is Cc1nc(Cl)c(C=O)c(NCC2(C)CCCO2)n1. The Kier molecular flexibility index (Phi) is 3.82. The predicted molar refractivity (Wildman–Crippen MR) is 69.2 cm³/mol. The lowest BCUT2D eigenvalue weighted by molar-refractivity contribution is 0.0314. The smallest absolute Gasteiger partial charge is 0.156 e. The van der Waals surface area contributed by atoms with Crippen molar-refractivity contribution >= 4 is 23.7 Å². The lowest BCUT2D eigenvalue weighted by Crippen LogP contribution is -2.33. The zero-order chi connectivity index (χ0) is 13.2. The minimum atomic E-state index is -0.203. The summed E-state index contributed by atoms with van der Waals surface area (Å²) in [6.07, 6.45) is 2.72. The number of carbonyl (C=O) groups is 1. The molecule has 0 amide bonds. The van der Waals surface area contributed by atoms with E-state index in [1.54, 1.807) is 6.92 Å². The number of hydrogen-bond donors (Lipinski definition) is 1. The van der Waals surface area contributed by atoms with Crippen molar-refractivity contribution in [2.45, 2.75) is 32.3 Å². The van der Waals surface area contributed by atoms with Crippen molar-refractivity contribution in [3.05, 3.63) is 16.5 Å². The predicted octanol–water partition coefficient (Wildman–Crippen LogP) is 2.23. The first-order chi connectivity index (χ1) is 8.54. The number of anilines is 1. The Bertz CT molecular complexity index is 459. The highest BCUT2D eigenvalue weighted by Crippen LogP contribution is 2.26. The number of halogens is 1. The Morgan fingerprint density at radius 1 is 1.56 bits per heavy atom. The zero-order valence-corrected chi connectivity index (χ0v) is 11.3. The molecule has 1 aromatic rings. The van der Waals surface area contributed by atoms with Crippen LogP contribution in [0.1, 0.15) is 35.9 Å². The fourth-order valence-electron chi connectivity index (χ4n) is 2.03. The first-order valence-corrected chi connectivity index (χ1v) is 6.29. The fourth-order valence-corrected chi connectivity index (χ4v) is 2.29. The summed E-state index contributed by atoms with van der Waals surface area (Å²) in [6.45, 7) is 5.16. The number of aryl methyl sites for hydroxylation is 1. The second-order valence-electron chi connectivity index (χ2n) is 4.70. The van der Waals surface area contributed by atoms with Gasteiger partial charge < -0.3 is 10.1 Å². The second-order valence-corrected chi connectivity index (χ2v) is 5.06. The molecule has 0 radical (unpaired) electrons. The molecule has 0 saturated carbocycles. The number of rotatable bonds is 4. The Morgan fingerprint density at radius 3 is 2.94 bits per heavy atom. The van der Waals surface area contributed by atoms with Crippen molar-refractivity contribution in [3.8, 4) is 0 Å². The van der Waals surface area contributed by atoms with Gasteiger partial charge in [-0.1, -0.05) is 11.6 Å². The molecule has 1 aliphatic heterocycles. The molecule has 1 atom stereocenters. The molecule has 0 bridgehead atoms. The summed E-state index contributed by atoms with van der Waals surface area (Å²) < 4.78 is 5.67. The molecular formula is C12H16ClN3O2. The van der Waals surface area contributed by atoms with E-state index in [4.69, 9.17) is 16.3 Å². The van der Waals surface area contributed by atoms with Crippen molar-refractivity contribution in [2.24, 2.45) is 0 Å². The van der Waals surface area contributed by atoms with Crippen LogP contribution >= 0.6 is 11.6 Å². The van der Waals surface area contributed by atoms with E-state index in [1.165, 1.54) is 0 Å². The number of aldehydes is 1. The maximum Gasteiger partial charge on any atom is 0.156 e.